The predicted molar refractivity (Wildman–Crippen MR) is 72.8 cm³/mol. The fraction of sp³-hybridized carbons (Fsp3) is 0.429. The van der Waals surface area contributed by atoms with Crippen LogP contribution in [-0.4, -0.2) is 18.6 Å². The summed E-state index contributed by atoms with van der Waals surface area (Å²) in [6.07, 6.45) is 3.57. The average molecular weight is 249 g/mol. The molecule has 0 aliphatic heterocycles. The zero-order valence-corrected chi connectivity index (χ0v) is 10.8. The smallest absolute Gasteiger partial charge is 0.0648 e. The molecule has 0 saturated heterocycles. The van der Waals surface area contributed by atoms with E-state index in [2.05, 4.69) is 16.4 Å². The van der Waals surface area contributed by atoms with Crippen LogP contribution in [-0.2, 0) is 12.8 Å². The van der Waals surface area contributed by atoms with E-state index in [1.165, 1.54) is 23.1 Å². The largest absolute Gasteiger partial charge is 0.357 e. The molecule has 3 rings (SSSR count). The van der Waals surface area contributed by atoms with Crippen LogP contribution in [0.4, 0.5) is 0 Å². The lowest BCUT2D eigenvalue weighted by atomic mass is 9.86. The summed E-state index contributed by atoms with van der Waals surface area (Å²) in [5.41, 5.74) is 3.98. The molecule has 2 aromatic rings. The Bertz CT molecular complexity index is 544. The molecule has 1 aromatic heterocycles. The molecule has 1 unspecified atom stereocenters. The van der Waals surface area contributed by atoms with E-state index >= 15 is 0 Å². The van der Waals surface area contributed by atoms with Crippen molar-refractivity contribution in [3.63, 3.8) is 0 Å². The van der Waals surface area contributed by atoms with E-state index in [-0.39, 0.29) is 0 Å². The number of aromatic amines is 1. The lowest BCUT2D eigenvalue weighted by molar-refractivity contribution is 0.439. The number of hydrogen-bond donors (Lipinski definition) is 2. The van der Waals surface area contributed by atoms with Gasteiger partial charge in [0.1, 0.15) is 0 Å². The Labute approximate surface area is 106 Å². The average Bonchev–Trinajstić information content (AvgIpc) is 2.70. The fourth-order valence-electron chi connectivity index (χ4n) is 2.94. The molecule has 0 amide bonds. The van der Waals surface area contributed by atoms with Crippen molar-refractivity contribution in [1.29, 1.82) is 0 Å². The fourth-order valence-corrected chi connectivity index (χ4v) is 3.16. The van der Waals surface area contributed by atoms with Crippen molar-refractivity contribution in [2.75, 3.05) is 13.6 Å². The van der Waals surface area contributed by atoms with Crippen LogP contribution in [0, 0.1) is 5.92 Å². The molecule has 1 aliphatic carbocycles. The number of hydrogen-bond acceptors (Lipinski definition) is 1. The first kappa shape index (κ1) is 11.1. The first-order valence-electron chi connectivity index (χ1n) is 6.22. The van der Waals surface area contributed by atoms with Gasteiger partial charge in [0.05, 0.1) is 10.5 Å². The SMILES string of the molecule is CNCC1CCc2[nH]c3c(Cl)cccc3c2C1. The second-order valence-electron chi connectivity index (χ2n) is 4.91. The molecule has 2 N–H and O–H groups in total. The van der Waals surface area contributed by atoms with Crippen LogP contribution in [0.2, 0.25) is 5.02 Å². The molecule has 1 aliphatic rings. The lowest BCUT2D eigenvalue weighted by Gasteiger charge is -2.22. The van der Waals surface area contributed by atoms with Crippen LogP contribution in [0.3, 0.4) is 0 Å². The number of rotatable bonds is 2. The van der Waals surface area contributed by atoms with E-state index in [1.807, 2.05) is 19.2 Å². The number of nitrogens with one attached hydrogen (secondary N) is 2. The van der Waals surface area contributed by atoms with Gasteiger partial charge in [-0.3, -0.25) is 0 Å². The van der Waals surface area contributed by atoms with Gasteiger partial charge in [0, 0.05) is 11.1 Å². The minimum absolute atomic E-state index is 0.755. The summed E-state index contributed by atoms with van der Waals surface area (Å²) in [5, 5.41) is 5.43. The number of H-pyrrole nitrogens is 1. The monoisotopic (exact) mass is 248 g/mol. The summed E-state index contributed by atoms with van der Waals surface area (Å²) in [7, 11) is 2.03. The molecule has 0 bridgehead atoms. The van der Waals surface area contributed by atoms with Gasteiger partial charge in [0.25, 0.3) is 0 Å². The van der Waals surface area contributed by atoms with E-state index in [0.717, 1.165) is 35.8 Å². The zero-order valence-electron chi connectivity index (χ0n) is 10.0. The van der Waals surface area contributed by atoms with Gasteiger partial charge >= 0.3 is 0 Å². The van der Waals surface area contributed by atoms with Crippen molar-refractivity contribution in [3.8, 4) is 0 Å². The van der Waals surface area contributed by atoms with Crippen LogP contribution in [0.15, 0.2) is 18.2 Å². The molecule has 0 radical (unpaired) electrons. The second kappa shape index (κ2) is 4.35. The summed E-state index contributed by atoms with van der Waals surface area (Å²) < 4.78 is 0. The highest BCUT2D eigenvalue weighted by Crippen LogP contribution is 2.34. The molecule has 0 spiro atoms. The van der Waals surface area contributed by atoms with E-state index in [4.69, 9.17) is 11.6 Å². The molecular weight excluding hydrogens is 232 g/mol. The van der Waals surface area contributed by atoms with Gasteiger partial charge in [-0.15, -0.1) is 0 Å². The maximum Gasteiger partial charge on any atom is 0.0648 e. The molecule has 17 heavy (non-hydrogen) atoms. The third kappa shape index (κ3) is 1.85. The molecule has 0 fully saturated rings. The summed E-state index contributed by atoms with van der Waals surface area (Å²) in [5.74, 6) is 0.755. The van der Waals surface area contributed by atoms with Crippen LogP contribution < -0.4 is 5.32 Å². The molecule has 90 valence electrons. The van der Waals surface area contributed by atoms with Crippen LogP contribution >= 0.6 is 11.6 Å². The molecule has 3 heteroatoms. The molecular formula is C14H17ClN2. The summed E-state index contributed by atoms with van der Waals surface area (Å²) in [6.45, 7) is 1.10. The standard InChI is InChI=1S/C14H17ClN2/c1-16-8-9-5-6-13-11(7-9)10-3-2-4-12(15)14(10)17-13/h2-4,9,16-17H,5-8H2,1H3. The normalized spacial score (nSPS) is 19.5. The Morgan fingerprint density at radius 3 is 3.18 bits per heavy atom. The maximum atomic E-state index is 6.23. The van der Waals surface area contributed by atoms with Gasteiger partial charge in [-0.05, 0) is 50.4 Å². The third-order valence-electron chi connectivity index (χ3n) is 3.77. The third-order valence-corrected chi connectivity index (χ3v) is 4.08. The van der Waals surface area contributed by atoms with Crippen LogP contribution in [0.5, 0.6) is 0 Å². The summed E-state index contributed by atoms with van der Waals surface area (Å²) in [4.78, 5) is 3.49. The van der Waals surface area contributed by atoms with Gasteiger partial charge in [-0.1, -0.05) is 23.7 Å². The van der Waals surface area contributed by atoms with Crippen molar-refractivity contribution in [2.24, 2.45) is 5.92 Å². The summed E-state index contributed by atoms with van der Waals surface area (Å²) in [6, 6.07) is 6.18. The number of fused-ring (bicyclic) bond motifs is 3. The minimum Gasteiger partial charge on any atom is -0.357 e. The molecule has 1 heterocycles. The van der Waals surface area contributed by atoms with Gasteiger partial charge < -0.3 is 10.3 Å². The van der Waals surface area contributed by atoms with E-state index in [0.29, 0.717) is 0 Å². The van der Waals surface area contributed by atoms with Gasteiger partial charge in [-0.2, -0.15) is 0 Å². The van der Waals surface area contributed by atoms with Crippen LogP contribution in [0.1, 0.15) is 17.7 Å². The molecule has 2 nitrogen and oxygen atoms in total. The summed E-state index contributed by atoms with van der Waals surface area (Å²) >= 11 is 6.23. The van der Waals surface area contributed by atoms with Crippen molar-refractivity contribution >= 4 is 22.5 Å². The Balaban J connectivity index is 2.06. The van der Waals surface area contributed by atoms with Gasteiger partial charge in [-0.25, -0.2) is 0 Å². The first-order chi connectivity index (χ1) is 8.29. The molecule has 1 aromatic carbocycles. The predicted octanol–water partition coefficient (Wildman–Crippen LogP) is 3.15. The molecule has 0 saturated carbocycles. The Morgan fingerprint density at radius 1 is 1.47 bits per heavy atom. The highest BCUT2D eigenvalue weighted by atomic mass is 35.5. The number of aromatic nitrogens is 1. The first-order valence-corrected chi connectivity index (χ1v) is 6.60. The Morgan fingerprint density at radius 2 is 2.35 bits per heavy atom. The second-order valence-corrected chi connectivity index (χ2v) is 5.32. The Kier molecular flexibility index (Phi) is 2.85. The number of halogens is 1. The maximum absolute atomic E-state index is 6.23. The minimum atomic E-state index is 0.755. The van der Waals surface area contributed by atoms with Gasteiger partial charge in [0.15, 0.2) is 0 Å². The van der Waals surface area contributed by atoms with Gasteiger partial charge in [0.2, 0.25) is 0 Å². The van der Waals surface area contributed by atoms with E-state index in [9.17, 15) is 0 Å². The zero-order chi connectivity index (χ0) is 11.8. The highest BCUT2D eigenvalue weighted by Gasteiger charge is 2.22. The van der Waals surface area contributed by atoms with Crippen molar-refractivity contribution in [3.05, 3.63) is 34.5 Å². The lowest BCUT2D eigenvalue weighted by Crippen LogP contribution is -2.24. The number of aryl methyl sites for hydroxylation is 1. The van der Waals surface area contributed by atoms with E-state index in [1.54, 1.807) is 0 Å². The van der Waals surface area contributed by atoms with Crippen molar-refractivity contribution < 1.29 is 0 Å². The van der Waals surface area contributed by atoms with E-state index < -0.39 is 0 Å². The van der Waals surface area contributed by atoms with Crippen molar-refractivity contribution in [2.45, 2.75) is 19.3 Å². The quantitative estimate of drug-likeness (QED) is 0.840. The number of benzene rings is 1. The molecule has 1 atom stereocenters. The Hall–Kier alpha value is -0.990. The number of para-hydroxylation sites is 1. The highest BCUT2D eigenvalue weighted by molar-refractivity contribution is 6.35. The van der Waals surface area contributed by atoms with Crippen molar-refractivity contribution in [1.82, 2.24) is 10.3 Å². The van der Waals surface area contributed by atoms with Crippen LogP contribution in [0.25, 0.3) is 10.9 Å². The topological polar surface area (TPSA) is 27.8 Å².